The Morgan fingerprint density at radius 1 is 1.59 bits per heavy atom. The summed E-state index contributed by atoms with van der Waals surface area (Å²) >= 11 is 0. The van der Waals surface area contributed by atoms with E-state index in [0.29, 0.717) is 23.6 Å². The molecule has 0 saturated carbocycles. The van der Waals surface area contributed by atoms with Crippen LogP contribution in [0.1, 0.15) is 0 Å². The molecule has 0 aliphatic heterocycles. The number of nitrogens with zero attached hydrogens (tertiary/aromatic N) is 2. The van der Waals surface area contributed by atoms with Crippen LogP contribution in [-0.2, 0) is 4.74 Å². The summed E-state index contributed by atoms with van der Waals surface area (Å²) in [5.41, 5.74) is 7.63. The standard InChI is InChI=1S/C13H17N3O/c1-10(9-16(2)3)15-13-7-12(17-4)6-5-11(13)8-14/h7-8H,1,9,14H2,2-4H3/b11-8-,15-13?. The van der Waals surface area contributed by atoms with Crippen molar-refractivity contribution >= 4 is 5.71 Å². The maximum absolute atomic E-state index is 5.50. The van der Waals surface area contributed by atoms with E-state index in [4.69, 9.17) is 10.5 Å². The molecule has 0 saturated heterocycles. The minimum absolute atomic E-state index is 0.576. The van der Waals surface area contributed by atoms with Crippen LogP contribution in [0, 0.1) is 11.8 Å². The largest absolute Gasteiger partial charge is 0.489 e. The lowest BCUT2D eigenvalue weighted by Gasteiger charge is -2.11. The number of hydrogen-bond donors (Lipinski definition) is 1. The van der Waals surface area contributed by atoms with Gasteiger partial charge in [-0.3, -0.25) is 4.99 Å². The fourth-order valence-corrected chi connectivity index (χ4v) is 1.33. The predicted octanol–water partition coefficient (Wildman–Crippen LogP) is 0.893. The monoisotopic (exact) mass is 231 g/mol. The lowest BCUT2D eigenvalue weighted by Crippen LogP contribution is -2.15. The van der Waals surface area contributed by atoms with Crippen LogP contribution in [0.15, 0.2) is 40.9 Å². The van der Waals surface area contributed by atoms with Crippen molar-refractivity contribution in [3.8, 4) is 11.8 Å². The Kier molecular flexibility index (Phi) is 4.56. The van der Waals surface area contributed by atoms with Crippen LogP contribution in [0.4, 0.5) is 0 Å². The minimum atomic E-state index is 0.576. The van der Waals surface area contributed by atoms with E-state index in [1.165, 1.54) is 6.20 Å². The van der Waals surface area contributed by atoms with Gasteiger partial charge in [-0.15, -0.1) is 0 Å². The van der Waals surface area contributed by atoms with E-state index in [1.54, 1.807) is 13.2 Å². The summed E-state index contributed by atoms with van der Waals surface area (Å²) in [5, 5.41) is 0. The van der Waals surface area contributed by atoms with Crippen LogP contribution in [-0.4, -0.2) is 38.4 Å². The molecule has 1 rings (SSSR count). The second-order valence-electron chi connectivity index (χ2n) is 3.84. The van der Waals surface area contributed by atoms with Gasteiger partial charge < -0.3 is 15.4 Å². The summed E-state index contributed by atoms with van der Waals surface area (Å²) in [6, 6.07) is 0. The molecule has 90 valence electrons. The number of nitrogens with two attached hydrogens (primary N) is 1. The highest BCUT2D eigenvalue weighted by atomic mass is 16.5. The molecule has 0 aromatic rings. The number of likely N-dealkylation sites (N-methyl/N-ethyl adjacent to an activating group) is 1. The van der Waals surface area contributed by atoms with Gasteiger partial charge in [-0.25, -0.2) is 0 Å². The molecule has 0 radical (unpaired) electrons. The molecule has 0 unspecified atom stereocenters. The Morgan fingerprint density at radius 3 is 2.82 bits per heavy atom. The molecule has 0 aromatic heterocycles. The van der Waals surface area contributed by atoms with Crippen molar-refractivity contribution in [2.24, 2.45) is 10.7 Å². The minimum Gasteiger partial charge on any atom is -0.489 e. The molecule has 17 heavy (non-hydrogen) atoms. The zero-order chi connectivity index (χ0) is 12.8. The van der Waals surface area contributed by atoms with Crippen LogP contribution < -0.4 is 5.73 Å². The predicted molar refractivity (Wildman–Crippen MR) is 70.3 cm³/mol. The summed E-state index contributed by atoms with van der Waals surface area (Å²) in [6.45, 7) is 4.58. The maximum atomic E-state index is 5.50. The molecule has 0 bridgehead atoms. The Morgan fingerprint density at radius 2 is 2.29 bits per heavy atom. The topological polar surface area (TPSA) is 50.8 Å². The Balaban J connectivity index is 2.96. The van der Waals surface area contributed by atoms with Crippen LogP contribution in [0.2, 0.25) is 0 Å². The average Bonchev–Trinajstić information content (AvgIpc) is 2.27. The van der Waals surface area contributed by atoms with Crippen molar-refractivity contribution < 1.29 is 4.74 Å². The van der Waals surface area contributed by atoms with Crippen LogP contribution >= 0.6 is 0 Å². The van der Waals surface area contributed by atoms with Gasteiger partial charge in [-0.2, -0.15) is 0 Å². The maximum Gasteiger partial charge on any atom is 0.172 e. The second kappa shape index (κ2) is 5.92. The molecular formula is C13H17N3O. The van der Waals surface area contributed by atoms with Crippen LogP contribution in [0.5, 0.6) is 0 Å². The molecule has 0 fully saturated rings. The smallest absolute Gasteiger partial charge is 0.172 e. The highest BCUT2D eigenvalue weighted by molar-refractivity contribution is 6.13. The molecule has 1 aliphatic rings. The SMILES string of the molecule is C=C(CN(C)C)N=C1C=C(OC)C#C/C1=C/N. The number of rotatable bonds is 4. The van der Waals surface area contributed by atoms with E-state index in [9.17, 15) is 0 Å². The van der Waals surface area contributed by atoms with E-state index in [2.05, 4.69) is 23.4 Å². The molecule has 2 N–H and O–H groups in total. The first kappa shape index (κ1) is 13.1. The summed E-state index contributed by atoms with van der Waals surface area (Å²) in [7, 11) is 5.49. The number of hydrogen-bond acceptors (Lipinski definition) is 4. The highest BCUT2D eigenvalue weighted by Crippen LogP contribution is 2.10. The highest BCUT2D eigenvalue weighted by Gasteiger charge is 2.09. The van der Waals surface area contributed by atoms with E-state index in [0.717, 1.165) is 5.70 Å². The molecule has 4 heteroatoms. The third-order valence-electron chi connectivity index (χ3n) is 2.03. The van der Waals surface area contributed by atoms with Crippen molar-refractivity contribution in [2.75, 3.05) is 27.7 Å². The quantitative estimate of drug-likeness (QED) is 0.731. The van der Waals surface area contributed by atoms with Crippen molar-refractivity contribution in [1.82, 2.24) is 4.90 Å². The fraction of sp³-hybridized carbons (Fsp3) is 0.308. The molecule has 0 spiro atoms. The lowest BCUT2D eigenvalue weighted by atomic mass is 10.1. The van der Waals surface area contributed by atoms with E-state index >= 15 is 0 Å². The van der Waals surface area contributed by atoms with Crippen molar-refractivity contribution in [3.05, 3.63) is 35.9 Å². The summed E-state index contributed by atoms with van der Waals surface area (Å²) < 4.78 is 5.08. The Bertz CT molecular complexity index is 459. The van der Waals surface area contributed by atoms with Gasteiger partial charge in [0.2, 0.25) is 0 Å². The second-order valence-corrected chi connectivity index (χ2v) is 3.84. The first-order valence-electron chi connectivity index (χ1n) is 5.18. The van der Waals surface area contributed by atoms with E-state index < -0.39 is 0 Å². The zero-order valence-corrected chi connectivity index (χ0v) is 10.4. The van der Waals surface area contributed by atoms with Gasteiger partial charge in [0.1, 0.15) is 0 Å². The van der Waals surface area contributed by atoms with E-state index in [1.807, 2.05) is 19.0 Å². The normalized spacial score (nSPS) is 18.9. The first-order valence-corrected chi connectivity index (χ1v) is 5.18. The van der Waals surface area contributed by atoms with Crippen molar-refractivity contribution in [2.45, 2.75) is 0 Å². The number of allylic oxidation sites excluding steroid dienone is 3. The van der Waals surface area contributed by atoms with Gasteiger partial charge in [0.05, 0.1) is 18.4 Å². The molecule has 0 atom stereocenters. The Hall–Kier alpha value is -1.99. The molecule has 0 heterocycles. The van der Waals surface area contributed by atoms with Gasteiger partial charge in [0, 0.05) is 24.5 Å². The lowest BCUT2D eigenvalue weighted by molar-refractivity contribution is 0.311. The van der Waals surface area contributed by atoms with Gasteiger partial charge >= 0.3 is 0 Å². The van der Waals surface area contributed by atoms with Crippen molar-refractivity contribution in [3.63, 3.8) is 0 Å². The van der Waals surface area contributed by atoms with Gasteiger partial charge in [-0.05, 0) is 20.0 Å². The number of methoxy groups -OCH3 is 1. The third kappa shape index (κ3) is 3.82. The molecule has 0 aromatic carbocycles. The molecule has 4 nitrogen and oxygen atoms in total. The van der Waals surface area contributed by atoms with Gasteiger partial charge in [-0.1, -0.05) is 12.5 Å². The summed E-state index contributed by atoms with van der Waals surface area (Å²) in [4.78, 5) is 6.39. The zero-order valence-electron chi connectivity index (χ0n) is 10.4. The Labute approximate surface area is 102 Å². The van der Waals surface area contributed by atoms with Crippen LogP contribution in [0.25, 0.3) is 0 Å². The van der Waals surface area contributed by atoms with E-state index in [-0.39, 0.29) is 0 Å². The first-order chi connectivity index (χ1) is 8.06. The summed E-state index contributed by atoms with van der Waals surface area (Å²) in [6.07, 6.45) is 3.20. The van der Waals surface area contributed by atoms with Crippen LogP contribution in [0.3, 0.4) is 0 Å². The van der Waals surface area contributed by atoms with Gasteiger partial charge in [0.15, 0.2) is 5.76 Å². The summed E-state index contributed by atoms with van der Waals surface area (Å²) in [5.74, 6) is 6.30. The van der Waals surface area contributed by atoms with Crippen molar-refractivity contribution in [1.29, 1.82) is 0 Å². The third-order valence-corrected chi connectivity index (χ3v) is 2.03. The fourth-order valence-electron chi connectivity index (χ4n) is 1.33. The molecular weight excluding hydrogens is 214 g/mol. The van der Waals surface area contributed by atoms with Gasteiger partial charge in [0.25, 0.3) is 0 Å². The average molecular weight is 231 g/mol. The molecule has 1 aliphatic carbocycles. The number of ether oxygens (including phenoxy) is 1. The molecule has 0 amide bonds. The number of aliphatic imine (C=N–C) groups is 1.